The van der Waals surface area contributed by atoms with Crippen molar-refractivity contribution in [2.24, 2.45) is 0 Å². The first-order valence-corrected chi connectivity index (χ1v) is 25.8. The molecule has 0 nitrogen and oxygen atoms in total. The van der Waals surface area contributed by atoms with Gasteiger partial charge in [0.05, 0.1) is 0 Å². The topological polar surface area (TPSA) is 0 Å². The van der Waals surface area contributed by atoms with E-state index in [1.165, 1.54) is 119 Å². The van der Waals surface area contributed by atoms with Crippen LogP contribution < -0.4 is 16.4 Å². The zero-order valence-corrected chi connectivity index (χ0v) is 41.2. The lowest BCUT2D eigenvalue weighted by molar-refractivity contribution is 0.640. The Kier molecular flexibility index (Phi) is 10.5. The molecule has 10 aromatic rings. The molecule has 0 atom stereocenters. The van der Waals surface area contributed by atoms with Crippen LogP contribution in [-0.2, 0) is 10.8 Å². The predicted molar refractivity (Wildman–Crippen MR) is 295 cm³/mol. The maximum Gasteiger partial charge on any atom is 0.247 e. The minimum atomic E-state index is -0.158. The summed E-state index contributed by atoms with van der Waals surface area (Å²) in [6.07, 6.45) is 0. The molecule has 0 radical (unpaired) electrons. The zero-order chi connectivity index (χ0) is 46.3. The first-order valence-electron chi connectivity index (χ1n) is 24.1. The lowest BCUT2D eigenvalue weighted by Crippen LogP contribution is -2.58. The van der Waals surface area contributed by atoms with Gasteiger partial charge in [-0.25, -0.2) is 0 Å². The standard InChI is InChI=1S/C65H53BS2/c1-41(2)43-34-44(36-46(35-43)62-53-28-18-16-26-51(53)61(42-20-10-7-11-21-42)52-27-17-19-29-54(52)62)45-37-59-63-60(38-45)68-58-33-31-50(65(5,6)48-24-14-9-15-25-48)40-56(58)66(63)55-39-49(30-32-57(55)67-59)64(3,4)47-22-12-8-13-23-47/h7-41H,1-6H3. The second-order valence-corrected chi connectivity index (χ2v) is 22.4. The molecule has 0 aromatic heterocycles. The summed E-state index contributed by atoms with van der Waals surface area (Å²) < 4.78 is 0. The van der Waals surface area contributed by atoms with E-state index in [4.69, 9.17) is 0 Å². The lowest BCUT2D eigenvalue weighted by Gasteiger charge is -2.36. The van der Waals surface area contributed by atoms with Crippen molar-refractivity contribution in [2.75, 3.05) is 0 Å². The Morgan fingerprint density at radius 1 is 0.353 bits per heavy atom. The van der Waals surface area contributed by atoms with Crippen molar-refractivity contribution in [3.05, 3.63) is 234 Å². The summed E-state index contributed by atoms with van der Waals surface area (Å²) in [5.41, 5.74) is 18.3. The first-order chi connectivity index (χ1) is 33.0. The van der Waals surface area contributed by atoms with Crippen LogP contribution in [0, 0.1) is 0 Å². The van der Waals surface area contributed by atoms with Gasteiger partial charge in [0, 0.05) is 30.4 Å². The smallest absolute Gasteiger partial charge is 0.0911 e. The molecule has 0 bridgehead atoms. The Morgan fingerprint density at radius 3 is 1.21 bits per heavy atom. The summed E-state index contributed by atoms with van der Waals surface area (Å²) in [6, 6.07) is 78.1. The third-order valence-corrected chi connectivity index (χ3v) is 17.4. The van der Waals surface area contributed by atoms with Gasteiger partial charge in [0.25, 0.3) is 0 Å². The molecule has 0 amide bonds. The maximum absolute atomic E-state index is 2.55. The van der Waals surface area contributed by atoms with E-state index >= 15 is 0 Å². The van der Waals surface area contributed by atoms with Crippen LogP contribution in [0.25, 0.3) is 54.9 Å². The van der Waals surface area contributed by atoms with Crippen molar-refractivity contribution in [1.29, 1.82) is 0 Å². The number of rotatable bonds is 8. The lowest BCUT2D eigenvalue weighted by atomic mass is 9.36. The minimum absolute atomic E-state index is 0.109. The van der Waals surface area contributed by atoms with E-state index in [-0.39, 0.29) is 17.5 Å². The van der Waals surface area contributed by atoms with Gasteiger partial charge in [0.2, 0.25) is 6.71 Å². The van der Waals surface area contributed by atoms with E-state index in [0.29, 0.717) is 5.92 Å². The molecule has 2 aliphatic rings. The Labute approximate surface area is 411 Å². The summed E-state index contributed by atoms with van der Waals surface area (Å²) in [6.45, 7) is 14.3. The molecule has 0 fully saturated rings. The van der Waals surface area contributed by atoms with Gasteiger partial charge in [0.15, 0.2) is 0 Å². The van der Waals surface area contributed by atoms with Crippen molar-refractivity contribution >= 4 is 68.2 Å². The zero-order valence-electron chi connectivity index (χ0n) is 39.6. The normalized spacial score (nSPS) is 13.1. The molecule has 0 unspecified atom stereocenters. The van der Waals surface area contributed by atoms with Crippen molar-refractivity contribution in [3.8, 4) is 33.4 Å². The summed E-state index contributed by atoms with van der Waals surface area (Å²) >= 11 is 3.91. The number of fused-ring (bicyclic) bond motifs is 6. The fourth-order valence-electron chi connectivity index (χ4n) is 11.1. The molecule has 0 N–H and O–H groups in total. The van der Waals surface area contributed by atoms with Crippen molar-refractivity contribution in [3.63, 3.8) is 0 Å². The highest BCUT2D eigenvalue weighted by molar-refractivity contribution is 8.01. The molecule has 68 heavy (non-hydrogen) atoms. The van der Waals surface area contributed by atoms with Crippen LogP contribution in [-0.4, -0.2) is 6.71 Å². The Bertz CT molecular complexity index is 3410. The predicted octanol–water partition coefficient (Wildman–Crippen LogP) is 16.2. The average Bonchev–Trinajstić information content (AvgIpc) is 3.38. The van der Waals surface area contributed by atoms with Gasteiger partial charge >= 0.3 is 0 Å². The Morgan fingerprint density at radius 2 is 0.750 bits per heavy atom. The van der Waals surface area contributed by atoms with Crippen LogP contribution in [0.15, 0.2) is 226 Å². The van der Waals surface area contributed by atoms with Gasteiger partial charge in [-0.05, 0) is 124 Å². The minimum Gasteiger partial charge on any atom is -0.0911 e. The molecule has 12 rings (SSSR count). The largest absolute Gasteiger partial charge is 0.247 e. The summed E-state index contributed by atoms with van der Waals surface area (Å²) in [4.78, 5) is 5.40. The number of hydrogen-bond donors (Lipinski definition) is 0. The fraction of sp³-hybridized carbons (Fsp3) is 0.138. The first kappa shape index (κ1) is 42.8. The average molecular weight is 909 g/mol. The van der Waals surface area contributed by atoms with Gasteiger partial charge in [-0.15, -0.1) is 0 Å². The molecule has 2 heterocycles. The van der Waals surface area contributed by atoms with E-state index < -0.39 is 0 Å². The van der Waals surface area contributed by atoms with Crippen molar-refractivity contribution in [1.82, 2.24) is 0 Å². The summed E-state index contributed by atoms with van der Waals surface area (Å²) in [7, 11) is 0. The van der Waals surface area contributed by atoms with Crippen LogP contribution in [0.2, 0.25) is 0 Å². The summed E-state index contributed by atoms with van der Waals surface area (Å²) in [5, 5.41) is 5.13. The molecule has 0 saturated heterocycles. The van der Waals surface area contributed by atoms with E-state index in [0.717, 1.165) is 0 Å². The van der Waals surface area contributed by atoms with Gasteiger partial charge in [0.1, 0.15) is 0 Å². The molecule has 0 aliphatic carbocycles. The third kappa shape index (κ3) is 7.08. The van der Waals surface area contributed by atoms with Gasteiger partial charge in [-0.3, -0.25) is 0 Å². The molecule has 3 heteroatoms. The SMILES string of the molecule is CC(C)c1cc(-c2cc3c4c(c2)Sc2ccc(C(C)(C)c5ccccc5)cc2B4c2cc(C(C)(C)c4ccccc4)ccc2S3)cc(-c2c3ccccc3c(-c3ccccc3)c3ccccc23)c1. The van der Waals surface area contributed by atoms with E-state index in [1.807, 2.05) is 23.5 Å². The number of hydrogen-bond acceptors (Lipinski definition) is 2. The number of benzene rings is 10. The molecule has 0 saturated carbocycles. The molecule has 2 aliphatic heterocycles. The molecular weight excluding hydrogens is 856 g/mol. The summed E-state index contributed by atoms with van der Waals surface area (Å²) in [5.74, 6) is 0.348. The monoisotopic (exact) mass is 908 g/mol. The second-order valence-electron chi connectivity index (χ2n) is 20.2. The van der Waals surface area contributed by atoms with Crippen molar-refractivity contribution < 1.29 is 0 Å². The van der Waals surface area contributed by atoms with Crippen LogP contribution in [0.1, 0.15) is 75.3 Å². The highest BCUT2D eigenvalue weighted by Gasteiger charge is 2.40. The van der Waals surface area contributed by atoms with Crippen LogP contribution in [0.3, 0.4) is 0 Å². The third-order valence-electron chi connectivity index (χ3n) is 15.1. The quantitative estimate of drug-likeness (QED) is 0.110. The Hall–Kier alpha value is -6.52. The van der Waals surface area contributed by atoms with Gasteiger partial charge in [-0.2, -0.15) is 0 Å². The van der Waals surface area contributed by atoms with Crippen LogP contribution in [0.5, 0.6) is 0 Å². The fourth-order valence-corrected chi connectivity index (χ4v) is 13.6. The van der Waals surface area contributed by atoms with Gasteiger partial charge < -0.3 is 0 Å². The van der Waals surface area contributed by atoms with Crippen LogP contribution in [0.4, 0.5) is 0 Å². The molecule has 10 aromatic carbocycles. The Balaban J connectivity index is 1.05. The highest BCUT2D eigenvalue weighted by atomic mass is 32.2. The van der Waals surface area contributed by atoms with Crippen LogP contribution >= 0.6 is 23.5 Å². The van der Waals surface area contributed by atoms with Crippen molar-refractivity contribution in [2.45, 2.75) is 77.9 Å². The molecular formula is C65H53BS2. The molecule has 0 spiro atoms. The van der Waals surface area contributed by atoms with E-state index in [2.05, 4.69) is 248 Å². The highest BCUT2D eigenvalue weighted by Crippen LogP contribution is 2.47. The second kappa shape index (κ2) is 16.6. The molecule has 328 valence electrons. The van der Waals surface area contributed by atoms with E-state index in [1.54, 1.807) is 0 Å². The van der Waals surface area contributed by atoms with Gasteiger partial charge in [-0.1, -0.05) is 252 Å². The maximum atomic E-state index is 2.55. The van der Waals surface area contributed by atoms with E-state index in [9.17, 15) is 0 Å².